The minimum Gasteiger partial charge on any atom is -0.368 e. The summed E-state index contributed by atoms with van der Waals surface area (Å²) < 4.78 is 69.3. The average molecular weight is 571 g/mol. The van der Waals surface area contributed by atoms with Crippen LogP contribution in [0.3, 0.4) is 0 Å². The van der Waals surface area contributed by atoms with E-state index >= 15 is 0 Å². The van der Waals surface area contributed by atoms with Gasteiger partial charge in [0.25, 0.3) is 0 Å². The number of nitrogens with zero attached hydrogens (tertiary/aromatic N) is 1. The molecular formula is C27H27FN4O5S2. The van der Waals surface area contributed by atoms with E-state index in [-0.39, 0.29) is 23.8 Å². The molecule has 2 heterocycles. The standard InChI is InChI=1S/C27H27FN4O5S2/c28-21-7-4-8-23(15-21)38(34,35)31-24(27-29-17-22(30-27)13-18-5-2-1-3-6-18)14-19-9-11-20(12-10-19)25-16-26(33)32-39(25,36)37/h1-12,15,22,24-25,31H,13-14,16-17H2,(H,29,30)(H,32,33)/t22-,24?,25?/m1/s1. The Morgan fingerprint density at radius 2 is 1.74 bits per heavy atom. The Kier molecular flexibility index (Phi) is 7.52. The maximum Gasteiger partial charge on any atom is 0.242 e. The summed E-state index contributed by atoms with van der Waals surface area (Å²) in [5.74, 6) is -0.751. The van der Waals surface area contributed by atoms with Gasteiger partial charge in [-0.2, -0.15) is 0 Å². The lowest BCUT2D eigenvalue weighted by molar-refractivity contribution is -0.118. The number of sulfonamides is 2. The predicted molar refractivity (Wildman–Crippen MR) is 144 cm³/mol. The van der Waals surface area contributed by atoms with E-state index in [4.69, 9.17) is 0 Å². The quantitative estimate of drug-likeness (QED) is 0.361. The molecule has 3 N–H and O–H groups in total. The zero-order chi connectivity index (χ0) is 27.6. The molecular weight excluding hydrogens is 543 g/mol. The summed E-state index contributed by atoms with van der Waals surface area (Å²) >= 11 is 0. The van der Waals surface area contributed by atoms with E-state index in [0.29, 0.717) is 24.4 Å². The summed E-state index contributed by atoms with van der Waals surface area (Å²) in [5.41, 5.74) is 2.30. The highest BCUT2D eigenvalue weighted by Gasteiger charge is 2.38. The number of rotatable bonds is 9. The van der Waals surface area contributed by atoms with Crippen LogP contribution >= 0.6 is 0 Å². The smallest absolute Gasteiger partial charge is 0.242 e. The molecule has 2 aliphatic rings. The summed E-state index contributed by atoms with van der Waals surface area (Å²) in [6.07, 6.45) is 0.753. The molecule has 3 aromatic carbocycles. The Morgan fingerprint density at radius 1 is 1.00 bits per heavy atom. The van der Waals surface area contributed by atoms with Gasteiger partial charge in [0.15, 0.2) is 0 Å². The highest BCUT2D eigenvalue weighted by molar-refractivity contribution is 7.90. The summed E-state index contributed by atoms with van der Waals surface area (Å²) in [6, 6.07) is 20.5. The molecule has 1 fully saturated rings. The predicted octanol–water partition coefficient (Wildman–Crippen LogP) is 2.22. The van der Waals surface area contributed by atoms with Crippen LogP contribution in [0.4, 0.5) is 4.39 Å². The van der Waals surface area contributed by atoms with E-state index in [0.717, 1.165) is 17.2 Å². The summed E-state index contributed by atoms with van der Waals surface area (Å²) in [7, 11) is -7.87. The zero-order valence-electron chi connectivity index (χ0n) is 20.7. The lowest BCUT2D eigenvalue weighted by Crippen LogP contribution is -2.48. The monoisotopic (exact) mass is 570 g/mol. The van der Waals surface area contributed by atoms with Gasteiger partial charge in [0, 0.05) is 0 Å². The van der Waals surface area contributed by atoms with Gasteiger partial charge in [0.1, 0.15) is 16.9 Å². The van der Waals surface area contributed by atoms with Crippen molar-refractivity contribution in [1.29, 1.82) is 0 Å². The first kappa shape index (κ1) is 27.0. The fourth-order valence-corrected chi connectivity index (χ4v) is 7.43. The highest BCUT2D eigenvalue weighted by atomic mass is 32.2. The van der Waals surface area contributed by atoms with Crippen molar-refractivity contribution in [1.82, 2.24) is 14.8 Å². The van der Waals surface area contributed by atoms with E-state index in [1.54, 1.807) is 24.3 Å². The molecule has 2 aliphatic heterocycles. The van der Waals surface area contributed by atoms with Gasteiger partial charge in [-0.3, -0.25) is 14.5 Å². The van der Waals surface area contributed by atoms with Crippen molar-refractivity contribution in [3.05, 3.63) is 101 Å². The second kappa shape index (κ2) is 10.9. The van der Waals surface area contributed by atoms with Gasteiger partial charge in [-0.1, -0.05) is 60.7 Å². The molecule has 204 valence electrons. The number of amides is 1. The van der Waals surface area contributed by atoms with Crippen LogP contribution in [0.25, 0.3) is 0 Å². The lowest BCUT2D eigenvalue weighted by atomic mass is 10.0. The van der Waals surface area contributed by atoms with Crippen molar-refractivity contribution in [2.75, 3.05) is 6.54 Å². The number of halogens is 1. The van der Waals surface area contributed by atoms with Crippen LogP contribution in [-0.2, 0) is 37.7 Å². The van der Waals surface area contributed by atoms with E-state index < -0.39 is 43.1 Å². The van der Waals surface area contributed by atoms with Crippen LogP contribution in [0.5, 0.6) is 0 Å². The van der Waals surface area contributed by atoms with Crippen LogP contribution in [0, 0.1) is 5.82 Å². The number of benzene rings is 3. The summed E-state index contributed by atoms with van der Waals surface area (Å²) in [5, 5.41) is 2.37. The molecule has 3 aromatic rings. The van der Waals surface area contributed by atoms with Crippen LogP contribution < -0.4 is 14.8 Å². The maximum absolute atomic E-state index is 13.8. The van der Waals surface area contributed by atoms with Crippen molar-refractivity contribution in [2.45, 2.75) is 41.5 Å². The number of aliphatic imine (C=N–C) groups is 1. The van der Waals surface area contributed by atoms with Gasteiger partial charge in [-0.05, 0) is 47.7 Å². The van der Waals surface area contributed by atoms with E-state index in [1.165, 1.54) is 18.2 Å². The molecule has 0 spiro atoms. The molecule has 9 nitrogen and oxygen atoms in total. The van der Waals surface area contributed by atoms with Crippen molar-refractivity contribution >= 4 is 31.8 Å². The second-order valence-corrected chi connectivity index (χ2v) is 13.2. The van der Waals surface area contributed by atoms with Crippen LogP contribution in [0.2, 0.25) is 0 Å². The third kappa shape index (κ3) is 6.35. The zero-order valence-corrected chi connectivity index (χ0v) is 22.4. The Hall–Kier alpha value is -3.61. The number of carbonyl (C=O) groups is 1. The van der Waals surface area contributed by atoms with Crippen molar-refractivity contribution in [2.24, 2.45) is 4.99 Å². The van der Waals surface area contributed by atoms with Crippen molar-refractivity contribution in [3.8, 4) is 0 Å². The molecule has 12 heteroatoms. The molecule has 0 saturated carbocycles. The number of hydrogen-bond donors (Lipinski definition) is 3. The Labute approximate surface area is 226 Å². The van der Waals surface area contributed by atoms with Gasteiger partial charge in [0.2, 0.25) is 26.0 Å². The van der Waals surface area contributed by atoms with Gasteiger partial charge < -0.3 is 5.32 Å². The minimum absolute atomic E-state index is 0.0245. The van der Waals surface area contributed by atoms with Crippen molar-refractivity contribution in [3.63, 3.8) is 0 Å². The Balaban J connectivity index is 1.37. The fraction of sp³-hybridized carbons (Fsp3) is 0.259. The molecule has 0 aromatic heterocycles. The maximum atomic E-state index is 13.8. The molecule has 3 atom stereocenters. The van der Waals surface area contributed by atoms with Crippen molar-refractivity contribution < 1.29 is 26.0 Å². The van der Waals surface area contributed by atoms with E-state index in [9.17, 15) is 26.0 Å². The first-order chi connectivity index (χ1) is 18.6. The molecule has 5 rings (SSSR count). The van der Waals surface area contributed by atoms with Gasteiger partial charge in [-0.15, -0.1) is 0 Å². The van der Waals surface area contributed by atoms with Gasteiger partial charge in [0.05, 0.1) is 29.9 Å². The molecule has 0 aliphatic carbocycles. The van der Waals surface area contributed by atoms with Crippen LogP contribution in [0.1, 0.15) is 28.4 Å². The first-order valence-corrected chi connectivity index (χ1v) is 15.4. The molecule has 0 bridgehead atoms. The Morgan fingerprint density at radius 3 is 2.41 bits per heavy atom. The molecule has 1 amide bonds. The first-order valence-electron chi connectivity index (χ1n) is 12.3. The number of amidine groups is 1. The lowest BCUT2D eigenvalue weighted by Gasteiger charge is -2.21. The SMILES string of the molecule is O=C1CC(c2ccc(CC(NS(=O)(=O)c3cccc(F)c3)C3=NC[C@@H](Cc4ccccc4)N3)cc2)S(=O)(=O)N1. The molecule has 2 unspecified atom stereocenters. The molecule has 0 radical (unpaired) electrons. The number of nitrogens with one attached hydrogen (secondary N) is 3. The molecule has 1 saturated heterocycles. The number of hydrogen-bond acceptors (Lipinski definition) is 7. The third-order valence-corrected chi connectivity index (χ3v) is 9.86. The van der Waals surface area contributed by atoms with Gasteiger partial charge in [-0.25, -0.2) is 25.9 Å². The van der Waals surface area contributed by atoms with Crippen LogP contribution in [0.15, 0.2) is 88.8 Å². The summed E-state index contributed by atoms with van der Waals surface area (Å²) in [4.78, 5) is 16.0. The Bertz CT molecular complexity index is 1610. The highest BCUT2D eigenvalue weighted by Crippen LogP contribution is 2.30. The average Bonchev–Trinajstić information content (AvgIpc) is 3.47. The fourth-order valence-electron chi connectivity index (χ4n) is 4.77. The number of carbonyl (C=O) groups excluding carboxylic acids is 1. The molecule has 39 heavy (non-hydrogen) atoms. The summed E-state index contributed by atoms with van der Waals surface area (Å²) in [6.45, 7) is 0.460. The largest absolute Gasteiger partial charge is 0.368 e. The van der Waals surface area contributed by atoms with Gasteiger partial charge >= 0.3 is 0 Å². The van der Waals surface area contributed by atoms with E-state index in [2.05, 4.69) is 15.0 Å². The third-order valence-electron chi connectivity index (χ3n) is 6.69. The topological polar surface area (TPSA) is 134 Å². The van der Waals surface area contributed by atoms with Crippen LogP contribution in [-0.4, -0.2) is 47.2 Å². The minimum atomic E-state index is -4.09. The normalized spacial score (nSPS) is 21.2. The van der Waals surface area contributed by atoms with E-state index in [1.807, 2.05) is 35.1 Å². The second-order valence-electron chi connectivity index (χ2n) is 9.60.